The van der Waals surface area contributed by atoms with Crippen LogP contribution in [0.1, 0.15) is 26.0 Å². The number of hydrogen-bond acceptors (Lipinski definition) is 4. The fraction of sp³-hybridized carbons (Fsp3) is 0.353. The summed E-state index contributed by atoms with van der Waals surface area (Å²) in [6.07, 6.45) is 1.25. The Morgan fingerprint density at radius 1 is 1.31 bits per heavy atom. The lowest BCUT2D eigenvalue weighted by Gasteiger charge is -2.23. The van der Waals surface area contributed by atoms with Crippen LogP contribution in [-0.4, -0.2) is 33.7 Å². The summed E-state index contributed by atoms with van der Waals surface area (Å²) in [5.74, 6) is -2.06. The number of carboxylic acids is 2. The van der Waals surface area contributed by atoms with Gasteiger partial charge >= 0.3 is 18.1 Å². The van der Waals surface area contributed by atoms with E-state index in [1.54, 1.807) is 0 Å². The van der Waals surface area contributed by atoms with Crippen molar-refractivity contribution in [3.63, 3.8) is 0 Å². The van der Waals surface area contributed by atoms with Crippen molar-refractivity contribution in [1.82, 2.24) is 4.98 Å². The van der Waals surface area contributed by atoms with Gasteiger partial charge in [0.2, 0.25) is 0 Å². The van der Waals surface area contributed by atoms with Crippen molar-refractivity contribution in [1.29, 1.82) is 0 Å². The highest BCUT2D eigenvalue weighted by Gasteiger charge is 2.34. The zero-order valence-corrected chi connectivity index (χ0v) is 14.2. The summed E-state index contributed by atoms with van der Waals surface area (Å²) in [5, 5.41) is 20.3. The quantitative estimate of drug-likeness (QED) is 0.747. The first-order valence-corrected chi connectivity index (χ1v) is 7.62. The van der Waals surface area contributed by atoms with E-state index in [0.29, 0.717) is 12.2 Å². The Kier molecular flexibility index (Phi) is 6.93. The van der Waals surface area contributed by atoms with Crippen molar-refractivity contribution in [2.45, 2.75) is 26.4 Å². The maximum absolute atomic E-state index is 12.0. The number of aromatic nitrogens is 1. The number of alkyl halides is 3. The van der Waals surface area contributed by atoms with Crippen LogP contribution in [0.4, 0.5) is 18.9 Å². The monoisotopic (exact) mass is 372 g/mol. The first-order valence-electron chi connectivity index (χ1n) is 7.62. The van der Waals surface area contributed by atoms with Crippen LogP contribution < -0.4 is 5.32 Å². The number of pyridine rings is 1. The molecule has 0 aromatic carbocycles. The Hall–Kier alpha value is -2.84. The summed E-state index contributed by atoms with van der Waals surface area (Å²) in [6, 6.07) is 2.32. The van der Waals surface area contributed by atoms with Crippen molar-refractivity contribution >= 4 is 17.6 Å². The van der Waals surface area contributed by atoms with Gasteiger partial charge in [0.1, 0.15) is 5.69 Å². The third-order valence-electron chi connectivity index (χ3n) is 3.52. The van der Waals surface area contributed by atoms with Gasteiger partial charge in [-0.15, -0.1) is 0 Å². The fourth-order valence-corrected chi connectivity index (χ4v) is 2.05. The number of allylic oxidation sites excluding steroid dienone is 2. The zero-order chi connectivity index (χ0) is 20.0. The number of halogens is 3. The number of hydrogen-bond donors (Lipinski definition) is 3. The predicted octanol–water partition coefficient (Wildman–Crippen LogP) is 3.58. The molecule has 1 aliphatic rings. The van der Waals surface area contributed by atoms with Crippen LogP contribution in [0.2, 0.25) is 0 Å². The maximum atomic E-state index is 12.0. The van der Waals surface area contributed by atoms with Crippen molar-refractivity contribution in [2.75, 3.05) is 11.9 Å². The van der Waals surface area contributed by atoms with Gasteiger partial charge in [-0.05, 0) is 32.4 Å². The van der Waals surface area contributed by atoms with Gasteiger partial charge in [0.05, 0.1) is 17.3 Å². The first-order chi connectivity index (χ1) is 12.0. The Labute approximate surface area is 148 Å². The summed E-state index contributed by atoms with van der Waals surface area (Å²) in [5.41, 5.74) is -1.22. The summed E-state index contributed by atoms with van der Waals surface area (Å²) < 4.78 is 36.1. The van der Waals surface area contributed by atoms with Crippen LogP contribution in [0, 0.1) is 5.41 Å². The van der Waals surface area contributed by atoms with Crippen LogP contribution in [-0.2, 0) is 15.8 Å². The maximum Gasteiger partial charge on any atom is 0.433 e. The molecule has 0 aliphatic heterocycles. The molecular weight excluding hydrogens is 353 g/mol. The smallest absolute Gasteiger partial charge is 0.433 e. The van der Waals surface area contributed by atoms with Crippen molar-refractivity contribution in [3.8, 4) is 0 Å². The molecule has 0 amide bonds. The minimum Gasteiger partial charge on any atom is -0.481 e. The highest BCUT2D eigenvalue weighted by molar-refractivity contribution is 5.90. The lowest BCUT2D eigenvalue weighted by molar-refractivity contribution is -0.145. The van der Waals surface area contributed by atoms with E-state index in [1.165, 1.54) is 37.4 Å². The molecule has 0 bridgehead atoms. The second-order valence-electron chi connectivity index (χ2n) is 5.72. The summed E-state index contributed by atoms with van der Waals surface area (Å²) in [4.78, 5) is 24.6. The molecule has 1 aromatic heterocycles. The van der Waals surface area contributed by atoms with Crippen LogP contribution in [0.3, 0.4) is 0 Å². The molecule has 1 unspecified atom stereocenters. The zero-order valence-electron chi connectivity index (χ0n) is 14.2. The number of carbonyl (C=O) groups is 2. The van der Waals surface area contributed by atoms with E-state index in [1.807, 2.05) is 6.92 Å². The van der Waals surface area contributed by atoms with Gasteiger partial charge in [0, 0.05) is 12.1 Å². The number of anilines is 1. The second-order valence-corrected chi connectivity index (χ2v) is 5.72. The number of nitrogens with one attached hydrogen (secondary N) is 1. The van der Waals surface area contributed by atoms with Crippen molar-refractivity contribution < 1.29 is 33.0 Å². The normalized spacial score (nSPS) is 19.0. The molecule has 6 nitrogen and oxygen atoms in total. The average Bonchev–Trinajstić information content (AvgIpc) is 2.55. The van der Waals surface area contributed by atoms with E-state index in [9.17, 15) is 22.8 Å². The standard InChI is InChI=1S/C9H10O4.C8H9F3N2/c1-9(8(12)13)4-2-3-6(5-9)7(10)11;1-2-12-6-3-4-7(13-5-6)8(9,10)11/h2-4H,5H2,1H3,(H,10,11)(H,12,13);3-5,12H,2H2,1H3. The molecule has 142 valence electrons. The third kappa shape index (κ3) is 5.91. The lowest BCUT2D eigenvalue weighted by Crippen LogP contribution is -2.28. The molecule has 0 spiro atoms. The Morgan fingerprint density at radius 3 is 2.38 bits per heavy atom. The summed E-state index contributed by atoms with van der Waals surface area (Å²) >= 11 is 0. The molecule has 3 N–H and O–H groups in total. The molecule has 1 aliphatic carbocycles. The average molecular weight is 372 g/mol. The van der Waals surface area contributed by atoms with Crippen LogP contribution >= 0.6 is 0 Å². The Morgan fingerprint density at radius 2 is 1.96 bits per heavy atom. The van der Waals surface area contributed by atoms with Crippen LogP contribution in [0.5, 0.6) is 0 Å². The molecule has 0 saturated heterocycles. The fourth-order valence-electron chi connectivity index (χ4n) is 2.05. The molecule has 2 rings (SSSR count). The number of nitrogens with zero attached hydrogens (tertiary/aromatic N) is 1. The minimum absolute atomic E-state index is 0.0359. The first kappa shape index (κ1) is 21.2. The molecule has 0 radical (unpaired) electrons. The largest absolute Gasteiger partial charge is 0.481 e. The highest BCUT2D eigenvalue weighted by Crippen LogP contribution is 2.31. The van der Waals surface area contributed by atoms with Gasteiger partial charge in [-0.25, -0.2) is 9.78 Å². The van der Waals surface area contributed by atoms with Crippen molar-refractivity contribution in [2.24, 2.45) is 5.41 Å². The molecule has 0 fully saturated rings. The highest BCUT2D eigenvalue weighted by atomic mass is 19.4. The summed E-state index contributed by atoms with van der Waals surface area (Å²) in [6.45, 7) is 4.02. The van der Waals surface area contributed by atoms with E-state index >= 15 is 0 Å². The SMILES string of the molecule is CC1(C(=O)O)C=CC=C(C(=O)O)C1.CCNc1ccc(C(F)(F)F)nc1. The number of rotatable bonds is 4. The van der Waals surface area contributed by atoms with Gasteiger partial charge < -0.3 is 15.5 Å². The van der Waals surface area contributed by atoms with E-state index < -0.39 is 29.2 Å². The minimum atomic E-state index is -4.36. The topological polar surface area (TPSA) is 99.5 Å². The second kappa shape index (κ2) is 8.50. The lowest BCUT2D eigenvalue weighted by atomic mass is 9.80. The molecular formula is C17H19F3N2O4. The molecule has 9 heteroatoms. The number of aliphatic carboxylic acids is 2. The molecule has 1 aromatic rings. The Balaban J connectivity index is 0.000000260. The molecule has 26 heavy (non-hydrogen) atoms. The van der Waals surface area contributed by atoms with Gasteiger partial charge in [-0.1, -0.05) is 18.2 Å². The third-order valence-corrected chi connectivity index (χ3v) is 3.52. The number of carboxylic acid groups (broad SMARTS) is 2. The van der Waals surface area contributed by atoms with E-state index in [2.05, 4.69) is 10.3 Å². The van der Waals surface area contributed by atoms with Gasteiger partial charge in [0.25, 0.3) is 0 Å². The van der Waals surface area contributed by atoms with Crippen LogP contribution in [0.25, 0.3) is 0 Å². The molecule has 1 atom stereocenters. The summed E-state index contributed by atoms with van der Waals surface area (Å²) in [7, 11) is 0. The molecule has 1 heterocycles. The van der Waals surface area contributed by atoms with Gasteiger partial charge in [0.15, 0.2) is 0 Å². The van der Waals surface area contributed by atoms with E-state index in [0.717, 1.165) is 6.07 Å². The van der Waals surface area contributed by atoms with E-state index in [4.69, 9.17) is 10.2 Å². The van der Waals surface area contributed by atoms with Gasteiger partial charge in [-0.3, -0.25) is 4.79 Å². The van der Waals surface area contributed by atoms with Gasteiger partial charge in [-0.2, -0.15) is 13.2 Å². The van der Waals surface area contributed by atoms with E-state index in [-0.39, 0.29) is 12.0 Å². The Bertz CT molecular complexity index is 712. The van der Waals surface area contributed by atoms with Crippen LogP contribution in [0.15, 0.2) is 42.1 Å². The molecule has 0 saturated carbocycles. The predicted molar refractivity (Wildman–Crippen MR) is 88.6 cm³/mol. The van der Waals surface area contributed by atoms with Crippen molar-refractivity contribution in [3.05, 3.63) is 47.8 Å².